The first kappa shape index (κ1) is 11.9. The van der Waals surface area contributed by atoms with Gasteiger partial charge in [-0.25, -0.2) is 4.79 Å². The van der Waals surface area contributed by atoms with Gasteiger partial charge < -0.3 is 20.1 Å². The summed E-state index contributed by atoms with van der Waals surface area (Å²) in [6.07, 6.45) is -1.81. The SMILES string of the molecule is CC(C)(O)[C@@H]1Oc2ccc(C(=O)O)cc2[C@H]1O. The van der Waals surface area contributed by atoms with Gasteiger partial charge in [0.25, 0.3) is 0 Å². The van der Waals surface area contributed by atoms with Crippen LogP contribution in [0.3, 0.4) is 0 Å². The van der Waals surface area contributed by atoms with Gasteiger partial charge in [0.2, 0.25) is 0 Å². The molecular weight excluding hydrogens is 224 g/mol. The van der Waals surface area contributed by atoms with Gasteiger partial charge in [-0.15, -0.1) is 0 Å². The quantitative estimate of drug-likeness (QED) is 0.714. The van der Waals surface area contributed by atoms with Gasteiger partial charge in [-0.05, 0) is 32.0 Å². The summed E-state index contributed by atoms with van der Waals surface area (Å²) in [6.45, 7) is 3.07. The van der Waals surface area contributed by atoms with E-state index in [0.717, 1.165) is 0 Å². The molecule has 1 heterocycles. The summed E-state index contributed by atoms with van der Waals surface area (Å²) in [4.78, 5) is 10.8. The Hall–Kier alpha value is -1.59. The highest BCUT2D eigenvalue weighted by atomic mass is 16.5. The molecule has 0 amide bonds. The molecule has 0 saturated heterocycles. The number of carboxylic acids is 1. The van der Waals surface area contributed by atoms with E-state index in [1.165, 1.54) is 32.0 Å². The maximum absolute atomic E-state index is 10.8. The lowest BCUT2D eigenvalue weighted by Gasteiger charge is -2.27. The normalized spacial score (nSPS) is 23.1. The molecule has 0 fully saturated rings. The minimum atomic E-state index is -1.21. The number of rotatable bonds is 2. The maximum atomic E-state index is 10.8. The summed E-state index contributed by atoms with van der Waals surface area (Å²) in [5.41, 5.74) is -0.721. The zero-order valence-electron chi connectivity index (χ0n) is 9.54. The van der Waals surface area contributed by atoms with Gasteiger partial charge in [-0.3, -0.25) is 0 Å². The van der Waals surface area contributed by atoms with Crippen LogP contribution < -0.4 is 4.74 Å². The van der Waals surface area contributed by atoms with Crippen molar-refractivity contribution in [2.45, 2.75) is 31.7 Å². The van der Waals surface area contributed by atoms with Crippen LogP contribution in [-0.4, -0.2) is 33.0 Å². The first-order chi connectivity index (χ1) is 7.80. The largest absolute Gasteiger partial charge is 0.484 e. The Morgan fingerprint density at radius 2 is 2.06 bits per heavy atom. The molecule has 0 aliphatic carbocycles. The standard InChI is InChI=1S/C12H14O5/c1-12(2,16)10-9(13)7-5-6(11(14)15)3-4-8(7)17-10/h3-5,9-10,13,16H,1-2H3,(H,14,15)/t9-,10-/m1/s1. The molecule has 1 aromatic carbocycles. The predicted molar refractivity (Wildman–Crippen MR) is 59.1 cm³/mol. The van der Waals surface area contributed by atoms with E-state index in [0.29, 0.717) is 11.3 Å². The van der Waals surface area contributed by atoms with Crippen molar-refractivity contribution in [1.82, 2.24) is 0 Å². The number of carbonyl (C=O) groups is 1. The van der Waals surface area contributed by atoms with Crippen molar-refractivity contribution in [1.29, 1.82) is 0 Å². The Morgan fingerprint density at radius 1 is 1.41 bits per heavy atom. The van der Waals surface area contributed by atoms with E-state index in [4.69, 9.17) is 9.84 Å². The molecule has 92 valence electrons. The summed E-state index contributed by atoms with van der Waals surface area (Å²) >= 11 is 0. The molecule has 1 aliphatic rings. The third-order valence-electron chi connectivity index (χ3n) is 2.81. The fourth-order valence-electron chi connectivity index (χ4n) is 1.91. The molecule has 0 bridgehead atoms. The second-order valence-corrected chi connectivity index (χ2v) is 4.69. The molecular formula is C12H14O5. The van der Waals surface area contributed by atoms with E-state index < -0.39 is 23.8 Å². The molecule has 3 N–H and O–H groups in total. The number of aliphatic hydroxyl groups is 2. The van der Waals surface area contributed by atoms with Gasteiger partial charge in [0.05, 0.1) is 11.2 Å². The Kier molecular flexibility index (Phi) is 2.60. The number of aliphatic hydroxyl groups excluding tert-OH is 1. The smallest absolute Gasteiger partial charge is 0.335 e. The van der Waals surface area contributed by atoms with Gasteiger partial charge in [0.1, 0.15) is 11.9 Å². The number of fused-ring (bicyclic) bond motifs is 1. The summed E-state index contributed by atoms with van der Waals surface area (Å²) in [5.74, 6) is -0.652. The molecule has 1 aromatic rings. The zero-order valence-corrected chi connectivity index (χ0v) is 9.54. The predicted octanol–water partition coefficient (Wildman–Crippen LogP) is 0.950. The summed E-state index contributed by atoms with van der Waals surface area (Å²) in [5, 5.41) is 28.7. The van der Waals surface area contributed by atoms with Crippen molar-refractivity contribution >= 4 is 5.97 Å². The molecule has 0 unspecified atom stereocenters. The number of hydrogen-bond acceptors (Lipinski definition) is 4. The molecule has 2 rings (SSSR count). The van der Waals surface area contributed by atoms with Crippen molar-refractivity contribution in [3.8, 4) is 5.75 Å². The monoisotopic (exact) mass is 238 g/mol. The number of benzene rings is 1. The van der Waals surface area contributed by atoms with E-state index in [-0.39, 0.29) is 5.56 Å². The lowest BCUT2D eigenvalue weighted by atomic mass is 9.94. The van der Waals surface area contributed by atoms with Gasteiger partial charge in [0, 0.05) is 5.56 Å². The minimum absolute atomic E-state index is 0.0859. The van der Waals surface area contributed by atoms with Gasteiger partial charge in [0.15, 0.2) is 6.10 Å². The van der Waals surface area contributed by atoms with Gasteiger partial charge in [-0.1, -0.05) is 0 Å². The van der Waals surface area contributed by atoms with Crippen molar-refractivity contribution < 1.29 is 24.9 Å². The number of hydrogen-bond donors (Lipinski definition) is 3. The average molecular weight is 238 g/mol. The van der Waals surface area contributed by atoms with E-state index in [2.05, 4.69) is 0 Å². The molecule has 0 aromatic heterocycles. The lowest BCUT2D eigenvalue weighted by Crippen LogP contribution is -2.41. The van der Waals surface area contributed by atoms with E-state index in [1.807, 2.05) is 0 Å². The third-order valence-corrected chi connectivity index (χ3v) is 2.81. The average Bonchev–Trinajstić information content (AvgIpc) is 2.55. The highest BCUT2D eigenvalue weighted by molar-refractivity contribution is 5.88. The van der Waals surface area contributed by atoms with Gasteiger partial charge in [-0.2, -0.15) is 0 Å². The van der Waals surface area contributed by atoms with Crippen LogP contribution in [0.2, 0.25) is 0 Å². The number of ether oxygens (including phenoxy) is 1. The molecule has 5 heteroatoms. The highest BCUT2D eigenvalue weighted by Gasteiger charge is 2.42. The molecule has 0 saturated carbocycles. The summed E-state index contributed by atoms with van der Waals surface area (Å²) < 4.78 is 5.43. The fourth-order valence-corrected chi connectivity index (χ4v) is 1.91. The van der Waals surface area contributed by atoms with Crippen LogP contribution in [0.5, 0.6) is 5.75 Å². The molecule has 1 aliphatic heterocycles. The van der Waals surface area contributed by atoms with Crippen molar-refractivity contribution in [2.24, 2.45) is 0 Å². The fraction of sp³-hybridized carbons (Fsp3) is 0.417. The van der Waals surface area contributed by atoms with E-state index in [1.54, 1.807) is 0 Å². The second kappa shape index (κ2) is 3.72. The topological polar surface area (TPSA) is 87.0 Å². The maximum Gasteiger partial charge on any atom is 0.335 e. The van der Waals surface area contributed by atoms with Crippen LogP contribution >= 0.6 is 0 Å². The summed E-state index contributed by atoms with van der Waals surface area (Å²) in [7, 11) is 0. The zero-order chi connectivity index (χ0) is 12.8. The summed E-state index contributed by atoms with van der Waals surface area (Å²) in [6, 6.07) is 4.27. The first-order valence-electron chi connectivity index (χ1n) is 5.25. The molecule has 5 nitrogen and oxygen atoms in total. The van der Waals surface area contributed by atoms with Crippen LogP contribution in [0.4, 0.5) is 0 Å². The van der Waals surface area contributed by atoms with Crippen LogP contribution in [0.25, 0.3) is 0 Å². The van der Waals surface area contributed by atoms with Gasteiger partial charge >= 0.3 is 5.97 Å². The Balaban J connectivity index is 2.39. The Morgan fingerprint density at radius 3 is 2.59 bits per heavy atom. The second-order valence-electron chi connectivity index (χ2n) is 4.69. The molecule has 0 spiro atoms. The number of carboxylic acid groups (broad SMARTS) is 1. The molecule has 2 atom stereocenters. The van der Waals surface area contributed by atoms with Crippen molar-refractivity contribution in [3.05, 3.63) is 29.3 Å². The van der Waals surface area contributed by atoms with Crippen LogP contribution in [0.1, 0.15) is 35.9 Å². The Bertz CT molecular complexity index is 460. The Labute approximate surface area is 98.3 Å². The minimum Gasteiger partial charge on any atom is -0.484 e. The highest BCUT2D eigenvalue weighted by Crippen LogP contribution is 2.40. The molecule has 17 heavy (non-hydrogen) atoms. The first-order valence-corrected chi connectivity index (χ1v) is 5.25. The molecule has 0 radical (unpaired) electrons. The lowest BCUT2D eigenvalue weighted by molar-refractivity contribution is -0.0762. The van der Waals surface area contributed by atoms with Crippen LogP contribution in [0.15, 0.2) is 18.2 Å². The van der Waals surface area contributed by atoms with Crippen molar-refractivity contribution in [3.63, 3.8) is 0 Å². The van der Waals surface area contributed by atoms with E-state index >= 15 is 0 Å². The van der Waals surface area contributed by atoms with E-state index in [9.17, 15) is 15.0 Å². The number of aromatic carboxylic acids is 1. The van der Waals surface area contributed by atoms with Crippen molar-refractivity contribution in [2.75, 3.05) is 0 Å². The third kappa shape index (κ3) is 1.99. The van der Waals surface area contributed by atoms with Crippen LogP contribution in [0, 0.1) is 0 Å². The van der Waals surface area contributed by atoms with Crippen LogP contribution in [-0.2, 0) is 0 Å².